The first-order valence-electron chi connectivity index (χ1n) is 6.26. The second-order valence-corrected chi connectivity index (χ2v) is 5.80. The lowest BCUT2D eigenvalue weighted by molar-refractivity contribution is -0.385. The lowest BCUT2D eigenvalue weighted by Gasteiger charge is -2.14. The second kappa shape index (κ2) is 5.97. The van der Waals surface area contributed by atoms with Crippen molar-refractivity contribution in [3.8, 4) is 0 Å². The number of nitrogens with one attached hydrogen (secondary N) is 1. The number of hydrogen-bond donors (Lipinski definition) is 1. The average Bonchev–Trinajstić information content (AvgIpc) is 3.16. The number of rotatable bonds is 6. The Balaban J connectivity index is 2.12. The van der Waals surface area contributed by atoms with E-state index in [2.05, 4.69) is 5.32 Å². The maximum absolute atomic E-state index is 12.1. The number of hydrogen-bond acceptors (Lipinski definition) is 3. The molecule has 1 fully saturated rings. The van der Waals surface area contributed by atoms with Gasteiger partial charge in [0.1, 0.15) is 5.56 Å². The fraction of sp³-hybridized carbons (Fsp3) is 0.462. The van der Waals surface area contributed by atoms with E-state index in [-0.39, 0.29) is 21.7 Å². The fourth-order valence-electron chi connectivity index (χ4n) is 2.14. The largest absolute Gasteiger partial charge is 0.351 e. The van der Waals surface area contributed by atoms with Gasteiger partial charge in [0.25, 0.3) is 11.6 Å². The molecule has 1 aromatic carbocycles. The van der Waals surface area contributed by atoms with E-state index in [4.69, 9.17) is 23.2 Å². The number of carbonyl (C=O) groups is 1. The number of halogens is 2. The molecule has 108 valence electrons. The van der Waals surface area contributed by atoms with Crippen LogP contribution >= 0.6 is 23.2 Å². The van der Waals surface area contributed by atoms with Crippen LogP contribution in [0.15, 0.2) is 18.2 Å². The van der Waals surface area contributed by atoms with Crippen LogP contribution in [0.4, 0.5) is 5.69 Å². The summed E-state index contributed by atoms with van der Waals surface area (Å²) in [6, 6.07) is 4.19. The highest BCUT2D eigenvalue weighted by Crippen LogP contribution is 2.48. The average molecular weight is 317 g/mol. The van der Waals surface area contributed by atoms with Crippen molar-refractivity contribution in [2.45, 2.75) is 19.3 Å². The molecule has 1 saturated carbocycles. The number of benzene rings is 1. The Morgan fingerprint density at radius 1 is 1.45 bits per heavy atom. The number of nitrogens with zero attached hydrogens (tertiary/aromatic N) is 1. The zero-order valence-electron chi connectivity index (χ0n) is 10.7. The lowest BCUT2D eigenvalue weighted by atomic mass is 10.0. The van der Waals surface area contributed by atoms with E-state index < -0.39 is 10.8 Å². The third-order valence-corrected chi connectivity index (χ3v) is 4.13. The summed E-state index contributed by atoms with van der Waals surface area (Å²) in [5.41, 5.74) is -0.300. The molecule has 5 nitrogen and oxygen atoms in total. The molecule has 0 spiro atoms. The number of carbonyl (C=O) groups excluding carboxylic acids is 1. The monoisotopic (exact) mass is 316 g/mol. The molecule has 0 atom stereocenters. The Morgan fingerprint density at radius 3 is 2.70 bits per heavy atom. The molecule has 7 heteroatoms. The molecule has 1 amide bonds. The van der Waals surface area contributed by atoms with E-state index in [9.17, 15) is 14.9 Å². The zero-order chi connectivity index (χ0) is 14.8. The van der Waals surface area contributed by atoms with Gasteiger partial charge in [0.2, 0.25) is 0 Å². The van der Waals surface area contributed by atoms with Crippen LogP contribution in [0.25, 0.3) is 0 Å². The normalized spacial score (nSPS) is 15.7. The van der Waals surface area contributed by atoms with Gasteiger partial charge in [-0.05, 0) is 30.7 Å². The number of alkyl halides is 1. The Labute approximate surface area is 126 Å². The van der Waals surface area contributed by atoms with Crippen molar-refractivity contribution < 1.29 is 9.72 Å². The van der Waals surface area contributed by atoms with Crippen molar-refractivity contribution >= 4 is 34.8 Å². The van der Waals surface area contributed by atoms with Gasteiger partial charge in [0.15, 0.2) is 0 Å². The van der Waals surface area contributed by atoms with Crippen molar-refractivity contribution in [1.29, 1.82) is 0 Å². The van der Waals surface area contributed by atoms with Gasteiger partial charge < -0.3 is 5.32 Å². The third-order valence-electron chi connectivity index (χ3n) is 3.62. The van der Waals surface area contributed by atoms with Crippen LogP contribution in [0.2, 0.25) is 5.02 Å². The van der Waals surface area contributed by atoms with Crippen LogP contribution in [-0.2, 0) is 0 Å². The fourth-order valence-corrected chi connectivity index (χ4v) is 2.79. The Bertz CT molecular complexity index is 544. The van der Waals surface area contributed by atoms with Crippen LogP contribution < -0.4 is 5.32 Å². The Morgan fingerprint density at radius 2 is 2.15 bits per heavy atom. The van der Waals surface area contributed by atoms with Gasteiger partial charge >= 0.3 is 0 Å². The molecule has 0 bridgehead atoms. The minimum atomic E-state index is -0.605. The van der Waals surface area contributed by atoms with Gasteiger partial charge in [-0.2, -0.15) is 0 Å². The minimum Gasteiger partial charge on any atom is -0.351 e. The highest BCUT2D eigenvalue weighted by atomic mass is 35.5. The minimum absolute atomic E-state index is 0.0629. The van der Waals surface area contributed by atoms with Crippen LogP contribution in [0.5, 0.6) is 0 Å². The molecule has 0 aliphatic heterocycles. The molecular weight excluding hydrogens is 303 g/mol. The van der Waals surface area contributed by atoms with Crippen LogP contribution in [0.1, 0.15) is 29.6 Å². The second-order valence-electron chi connectivity index (χ2n) is 5.01. The predicted octanol–water partition coefficient (Wildman–Crippen LogP) is 3.39. The molecule has 1 N–H and O–H groups in total. The number of amides is 1. The smallest absolute Gasteiger partial charge is 0.283 e. The van der Waals surface area contributed by atoms with Gasteiger partial charge in [-0.1, -0.05) is 17.7 Å². The topological polar surface area (TPSA) is 72.2 Å². The van der Waals surface area contributed by atoms with Crippen molar-refractivity contribution in [1.82, 2.24) is 5.32 Å². The molecule has 0 radical (unpaired) electrons. The van der Waals surface area contributed by atoms with Gasteiger partial charge in [0.05, 0.1) is 9.95 Å². The molecule has 0 aromatic heterocycles. The van der Waals surface area contributed by atoms with Gasteiger partial charge in [0, 0.05) is 18.5 Å². The zero-order valence-corrected chi connectivity index (χ0v) is 12.2. The molecule has 1 aromatic rings. The first kappa shape index (κ1) is 15.1. The number of nitro benzene ring substituents is 1. The van der Waals surface area contributed by atoms with Gasteiger partial charge in [-0.25, -0.2) is 0 Å². The molecule has 0 heterocycles. The van der Waals surface area contributed by atoms with Crippen LogP contribution in [-0.4, -0.2) is 23.3 Å². The number of nitro groups is 1. The highest BCUT2D eigenvalue weighted by Gasteiger charge is 2.42. The SMILES string of the molecule is O=C(NCC1(CCCl)CC1)c1c(Cl)cccc1[N+](=O)[O-]. The van der Waals surface area contributed by atoms with E-state index in [1.54, 1.807) is 0 Å². The van der Waals surface area contributed by atoms with E-state index in [0.29, 0.717) is 12.4 Å². The maximum Gasteiger partial charge on any atom is 0.283 e. The summed E-state index contributed by atoms with van der Waals surface area (Å²) in [5.74, 6) is 0.0328. The van der Waals surface area contributed by atoms with Gasteiger partial charge in [-0.15, -0.1) is 11.6 Å². The molecule has 2 rings (SSSR count). The van der Waals surface area contributed by atoms with E-state index >= 15 is 0 Å². The quantitative estimate of drug-likeness (QED) is 0.496. The van der Waals surface area contributed by atoms with Crippen LogP contribution in [0.3, 0.4) is 0 Å². The lowest BCUT2D eigenvalue weighted by Crippen LogP contribution is -2.31. The van der Waals surface area contributed by atoms with Crippen molar-refractivity contribution in [2.24, 2.45) is 5.41 Å². The van der Waals surface area contributed by atoms with Crippen LogP contribution in [0, 0.1) is 15.5 Å². The summed E-state index contributed by atoms with van der Waals surface area (Å²) in [5, 5.41) is 13.8. The van der Waals surface area contributed by atoms with E-state index in [1.165, 1.54) is 18.2 Å². The maximum atomic E-state index is 12.1. The molecule has 0 saturated heterocycles. The molecule has 20 heavy (non-hydrogen) atoms. The molecular formula is C13H14Cl2N2O3. The summed E-state index contributed by atoms with van der Waals surface area (Å²) < 4.78 is 0. The van der Waals surface area contributed by atoms with Gasteiger partial charge in [-0.3, -0.25) is 14.9 Å². The summed E-state index contributed by atoms with van der Waals surface area (Å²) in [4.78, 5) is 22.5. The summed E-state index contributed by atoms with van der Waals surface area (Å²) in [7, 11) is 0. The first-order valence-corrected chi connectivity index (χ1v) is 7.17. The van der Waals surface area contributed by atoms with E-state index in [1.807, 2.05) is 0 Å². The summed E-state index contributed by atoms with van der Waals surface area (Å²) in [6.07, 6.45) is 2.87. The van der Waals surface area contributed by atoms with E-state index in [0.717, 1.165) is 19.3 Å². The third kappa shape index (κ3) is 3.22. The van der Waals surface area contributed by atoms with Crippen molar-refractivity contribution in [3.05, 3.63) is 38.9 Å². The molecule has 1 aliphatic carbocycles. The molecule has 1 aliphatic rings. The van der Waals surface area contributed by atoms with Crippen molar-refractivity contribution in [3.63, 3.8) is 0 Å². The Kier molecular flexibility index (Phi) is 4.50. The Hall–Kier alpha value is -1.33. The standard InChI is InChI=1S/C13H14Cl2N2O3/c14-7-6-13(4-5-13)8-16-12(18)11-9(15)2-1-3-10(11)17(19)20/h1-3H,4-8H2,(H,16,18). The predicted molar refractivity (Wildman–Crippen MR) is 77.4 cm³/mol. The highest BCUT2D eigenvalue weighted by molar-refractivity contribution is 6.34. The molecule has 0 unspecified atom stereocenters. The van der Waals surface area contributed by atoms with Crippen molar-refractivity contribution in [2.75, 3.05) is 12.4 Å². The summed E-state index contributed by atoms with van der Waals surface area (Å²) >= 11 is 11.6. The summed E-state index contributed by atoms with van der Waals surface area (Å²) in [6.45, 7) is 0.473. The first-order chi connectivity index (χ1) is 9.49.